The summed E-state index contributed by atoms with van der Waals surface area (Å²) in [4.78, 5) is 26.0. The van der Waals surface area contributed by atoms with Gasteiger partial charge in [0.05, 0.1) is 5.56 Å². The highest BCUT2D eigenvalue weighted by Crippen LogP contribution is 2.44. The number of likely N-dealkylation sites (tertiary alicyclic amines) is 1. The third-order valence-corrected chi connectivity index (χ3v) is 6.62. The number of benzene rings is 3. The zero-order valence-corrected chi connectivity index (χ0v) is 17.7. The number of carbonyl (C=O) groups excluding carboxylic acids is 1. The number of carbonyl (C=O) groups is 2. The van der Waals surface area contributed by atoms with Crippen LogP contribution in [0.3, 0.4) is 0 Å². The van der Waals surface area contributed by atoms with Crippen LogP contribution in [0.4, 0.5) is 4.79 Å². The fourth-order valence-corrected chi connectivity index (χ4v) is 5.03. The Hall–Kier alpha value is -3.60. The van der Waals surface area contributed by atoms with E-state index in [9.17, 15) is 14.7 Å². The second-order valence-corrected chi connectivity index (χ2v) is 8.52. The third-order valence-electron chi connectivity index (χ3n) is 6.62. The molecule has 3 aromatic carbocycles. The van der Waals surface area contributed by atoms with Crippen molar-refractivity contribution in [3.8, 4) is 11.1 Å². The van der Waals surface area contributed by atoms with Crippen LogP contribution in [0, 0.1) is 0 Å². The maximum absolute atomic E-state index is 12.9. The van der Waals surface area contributed by atoms with Crippen molar-refractivity contribution in [2.75, 3.05) is 19.7 Å². The summed E-state index contributed by atoms with van der Waals surface area (Å²) >= 11 is 0. The minimum absolute atomic E-state index is 0.0409. The summed E-state index contributed by atoms with van der Waals surface area (Å²) in [6, 6.07) is 23.6. The van der Waals surface area contributed by atoms with Gasteiger partial charge in [-0.25, -0.2) is 9.59 Å². The number of nitrogens with zero attached hydrogens (tertiary/aromatic N) is 1. The highest BCUT2D eigenvalue weighted by molar-refractivity contribution is 5.87. The summed E-state index contributed by atoms with van der Waals surface area (Å²) in [5.74, 6) is -0.779. The summed E-state index contributed by atoms with van der Waals surface area (Å²) < 4.78 is 5.82. The van der Waals surface area contributed by atoms with Gasteiger partial charge in [-0.15, -0.1) is 0 Å². The minimum Gasteiger partial charge on any atom is -0.478 e. The van der Waals surface area contributed by atoms with Crippen molar-refractivity contribution in [2.24, 2.45) is 0 Å². The Morgan fingerprint density at radius 2 is 1.62 bits per heavy atom. The number of hydrogen-bond donors (Lipinski definition) is 1. The lowest BCUT2D eigenvalue weighted by Gasteiger charge is -2.32. The predicted octanol–water partition coefficient (Wildman–Crippen LogP) is 5.51. The highest BCUT2D eigenvalue weighted by atomic mass is 16.6. The van der Waals surface area contributed by atoms with E-state index in [2.05, 4.69) is 24.3 Å². The molecule has 0 saturated carbocycles. The number of fused-ring (bicyclic) bond motifs is 3. The van der Waals surface area contributed by atoms with E-state index in [-0.39, 0.29) is 23.5 Å². The maximum Gasteiger partial charge on any atom is 0.409 e. The number of piperidine rings is 1. The Labute approximate surface area is 187 Å². The van der Waals surface area contributed by atoms with Gasteiger partial charge in [-0.3, -0.25) is 0 Å². The summed E-state index contributed by atoms with van der Waals surface area (Å²) in [5.41, 5.74) is 6.05. The van der Waals surface area contributed by atoms with Crippen molar-refractivity contribution in [1.29, 1.82) is 0 Å². The number of ether oxygens (including phenoxy) is 1. The molecule has 1 unspecified atom stereocenters. The molecule has 1 aliphatic carbocycles. The minimum atomic E-state index is -0.934. The van der Waals surface area contributed by atoms with Gasteiger partial charge in [0, 0.05) is 24.9 Å². The topological polar surface area (TPSA) is 66.8 Å². The molecule has 1 saturated heterocycles. The fourth-order valence-electron chi connectivity index (χ4n) is 5.03. The Bertz CT molecular complexity index is 1130. The van der Waals surface area contributed by atoms with Crippen LogP contribution in [0.25, 0.3) is 11.1 Å². The van der Waals surface area contributed by atoms with Crippen LogP contribution in [-0.4, -0.2) is 41.8 Å². The third kappa shape index (κ3) is 3.75. The van der Waals surface area contributed by atoms with Crippen LogP contribution >= 0.6 is 0 Å². The molecule has 5 nitrogen and oxygen atoms in total. The normalized spacial score (nSPS) is 17.5. The lowest BCUT2D eigenvalue weighted by atomic mass is 9.90. The molecule has 2 aliphatic rings. The molecule has 3 aromatic rings. The van der Waals surface area contributed by atoms with Gasteiger partial charge in [0.1, 0.15) is 6.61 Å². The van der Waals surface area contributed by atoms with E-state index in [0.29, 0.717) is 19.7 Å². The molecular formula is C27H25NO4. The monoisotopic (exact) mass is 427 g/mol. The number of carboxylic acids is 1. The molecule has 5 rings (SSSR count). The zero-order valence-electron chi connectivity index (χ0n) is 17.7. The highest BCUT2D eigenvalue weighted by Gasteiger charge is 2.31. The van der Waals surface area contributed by atoms with Crippen molar-refractivity contribution in [3.63, 3.8) is 0 Å². The van der Waals surface area contributed by atoms with E-state index >= 15 is 0 Å². The molecule has 32 heavy (non-hydrogen) atoms. The van der Waals surface area contributed by atoms with Crippen molar-refractivity contribution in [2.45, 2.75) is 24.7 Å². The smallest absolute Gasteiger partial charge is 0.409 e. The van der Waals surface area contributed by atoms with Gasteiger partial charge in [0.25, 0.3) is 0 Å². The largest absolute Gasteiger partial charge is 0.478 e. The van der Waals surface area contributed by atoms with E-state index in [1.165, 1.54) is 22.3 Å². The molecule has 1 amide bonds. The Kier molecular flexibility index (Phi) is 5.39. The number of carboxylic acid groups (broad SMARTS) is 1. The Morgan fingerprint density at radius 3 is 2.31 bits per heavy atom. The molecule has 1 N–H and O–H groups in total. The Balaban J connectivity index is 1.28. The van der Waals surface area contributed by atoms with E-state index in [0.717, 1.165) is 18.4 Å². The molecule has 0 aromatic heterocycles. The van der Waals surface area contributed by atoms with Crippen LogP contribution in [0.5, 0.6) is 0 Å². The van der Waals surface area contributed by atoms with Gasteiger partial charge in [-0.1, -0.05) is 60.7 Å². The van der Waals surface area contributed by atoms with Gasteiger partial charge in [0.2, 0.25) is 0 Å². The average Bonchev–Trinajstić information content (AvgIpc) is 3.16. The number of hydrogen-bond acceptors (Lipinski definition) is 3. The molecule has 1 heterocycles. The molecule has 1 atom stereocenters. The lowest BCUT2D eigenvalue weighted by molar-refractivity contribution is 0.0695. The first-order valence-electron chi connectivity index (χ1n) is 11.0. The standard InChI is InChI=1S/C27H25NO4/c29-26(30)19-8-5-7-18(15-19)20-9-6-14-28(16-20)27(31)32-17-25-23-12-3-1-10-21(23)22-11-2-4-13-24(22)25/h1-5,7-8,10-13,15,20,25H,6,9,14,16-17H2,(H,29,30). The van der Waals surface area contributed by atoms with Crippen LogP contribution in [-0.2, 0) is 4.74 Å². The Morgan fingerprint density at radius 1 is 0.938 bits per heavy atom. The first kappa shape index (κ1) is 20.3. The zero-order chi connectivity index (χ0) is 22.1. The van der Waals surface area contributed by atoms with Crippen LogP contribution in [0.15, 0.2) is 72.8 Å². The SMILES string of the molecule is O=C(O)c1cccc(C2CCCN(C(=O)OCC3c4ccccc4-c4ccccc43)C2)c1. The second kappa shape index (κ2) is 8.50. The molecular weight excluding hydrogens is 402 g/mol. The lowest BCUT2D eigenvalue weighted by Crippen LogP contribution is -2.39. The van der Waals surface area contributed by atoms with Gasteiger partial charge >= 0.3 is 12.1 Å². The van der Waals surface area contributed by atoms with E-state index in [1.54, 1.807) is 23.1 Å². The molecule has 0 bridgehead atoms. The summed E-state index contributed by atoms with van der Waals surface area (Å²) in [7, 11) is 0. The van der Waals surface area contributed by atoms with Crippen molar-refractivity contribution in [1.82, 2.24) is 4.90 Å². The fraction of sp³-hybridized carbons (Fsp3) is 0.259. The van der Waals surface area contributed by atoms with E-state index in [4.69, 9.17) is 4.74 Å². The molecule has 5 heteroatoms. The van der Waals surface area contributed by atoms with Gasteiger partial charge in [-0.05, 0) is 52.8 Å². The van der Waals surface area contributed by atoms with Crippen LogP contribution in [0.2, 0.25) is 0 Å². The molecule has 162 valence electrons. The predicted molar refractivity (Wildman–Crippen MR) is 122 cm³/mol. The first-order chi connectivity index (χ1) is 15.6. The van der Waals surface area contributed by atoms with Crippen molar-refractivity contribution in [3.05, 3.63) is 95.1 Å². The number of rotatable bonds is 4. The first-order valence-corrected chi connectivity index (χ1v) is 11.0. The molecule has 1 aliphatic heterocycles. The van der Waals surface area contributed by atoms with E-state index < -0.39 is 5.97 Å². The number of aromatic carboxylic acids is 1. The van der Waals surface area contributed by atoms with Crippen LogP contribution in [0.1, 0.15) is 51.7 Å². The molecule has 1 fully saturated rings. The van der Waals surface area contributed by atoms with Crippen molar-refractivity contribution < 1.29 is 19.4 Å². The van der Waals surface area contributed by atoms with Gasteiger partial charge in [-0.2, -0.15) is 0 Å². The summed E-state index contributed by atoms with van der Waals surface area (Å²) in [6.07, 6.45) is 1.49. The summed E-state index contributed by atoms with van der Waals surface area (Å²) in [6.45, 7) is 1.51. The second-order valence-electron chi connectivity index (χ2n) is 8.52. The van der Waals surface area contributed by atoms with E-state index in [1.807, 2.05) is 30.3 Å². The van der Waals surface area contributed by atoms with Gasteiger partial charge in [0.15, 0.2) is 0 Å². The molecule has 0 spiro atoms. The average molecular weight is 428 g/mol. The maximum atomic E-state index is 12.9. The van der Waals surface area contributed by atoms with Crippen molar-refractivity contribution >= 4 is 12.1 Å². The van der Waals surface area contributed by atoms with Gasteiger partial charge < -0.3 is 14.7 Å². The quantitative estimate of drug-likeness (QED) is 0.596. The number of amides is 1. The molecule has 0 radical (unpaired) electrons. The van der Waals surface area contributed by atoms with Crippen LogP contribution < -0.4 is 0 Å². The summed E-state index contributed by atoms with van der Waals surface area (Å²) in [5, 5.41) is 9.28.